The van der Waals surface area contributed by atoms with E-state index < -0.39 is 0 Å². The predicted molar refractivity (Wildman–Crippen MR) is 57.5 cm³/mol. The molecular weight excluding hydrogens is 194 g/mol. The summed E-state index contributed by atoms with van der Waals surface area (Å²) < 4.78 is 4.71. The Labute approximate surface area is 91.0 Å². The first-order chi connectivity index (χ1) is 7.24. The lowest BCUT2D eigenvalue weighted by Crippen LogP contribution is -2.32. The molecule has 0 spiro atoms. The van der Waals surface area contributed by atoms with Crippen LogP contribution in [0.2, 0.25) is 0 Å². The molecule has 0 bridgehead atoms. The number of methoxy groups -OCH3 is 1. The minimum absolute atomic E-state index is 0.0807. The number of carbonyl (C=O) groups excluding carboxylic acids is 1. The average molecular weight is 215 g/mol. The summed E-state index contributed by atoms with van der Waals surface area (Å²) in [7, 11) is 1.50. The zero-order valence-corrected chi connectivity index (χ0v) is 9.37. The Morgan fingerprint density at radius 3 is 2.87 bits per heavy atom. The van der Waals surface area contributed by atoms with Gasteiger partial charge in [-0.05, 0) is 25.2 Å². The summed E-state index contributed by atoms with van der Waals surface area (Å²) in [6.07, 6.45) is 5.04. The van der Waals surface area contributed by atoms with Gasteiger partial charge < -0.3 is 15.2 Å². The van der Waals surface area contributed by atoms with Gasteiger partial charge in [-0.3, -0.25) is 4.79 Å². The lowest BCUT2D eigenvalue weighted by molar-refractivity contribution is -0.124. The molecule has 4 heteroatoms. The van der Waals surface area contributed by atoms with Gasteiger partial charge in [0.25, 0.3) is 0 Å². The van der Waals surface area contributed by atoms with Crippen molar-refractivity contribution in [3.05, 3.63) is 0 Å². The van der Waals surface area contributed by atoms with Crippen molar-refractivity contribution in [2.45, 2.75) is 38.2 Å². The molecule has 1 fully saturated rings. The second kappa shape index (κ2) is 6.80. The number of hydrogen-bond acceptors (Lipinski definition) is 3. The standard InChI is InChI=1S/C11H21NO3/c1-15-8-11(14)12-7-6-9-4-2-3-5-10(9)13/h9-10,13H,2-8H2,1H3,(H,12,14). The Hall–Kier alpha value is -0.610. The van der Waals surface area contributed by atoms with Crippen molar-refractivity contribution >= 4 is 5.91 Å². The molecule has 15 heavy (non-hydrogen) atoms. The molecule has 88 valence electrons. The van der Waals surface area contributed by atoms with Crippen LogP contribution in [0.4, 0.5) is 0 Å². The Morgan fingerprint density at radius 2 is 2.20 bits per heavy atom. The number of nitrogens with one attached hydrogen (secondary N) is 1. The number of carbonyl (C=O) groups is 1. The lowest BCUT2D eigenvalue weighted by Gasteiger charge is -2.27. The van der Waals surface area contributed by atoms with Gasteiger partial charge in [-0.25, -0.2) is 0 Å². The van der Waals surface area contributed by atoms with Gasteiger partial charge in [-0.2, -0.15) is 0 Å². The number of rotatable bonds is 5. The minimum atomic E-state index is -0.168. The fourth-order valence-corrected chi connectivity index (χ4v) is 2.10. The fourth-order valence-electron chi connectivity index (χ4n) is 2.10. The highest BCUT2D eigenvalue weighted by atomic mass is 16.5. The molecule has 1 aliphatic carbocycles. The molecule has 0 aromatic carbocycles. The quantitative estimate of drug-likeness (QED) is 0.709. The van der Waals surface area contributed by atoms with Gasteiger partial charge in [0.05, 0.1) is 6.10 Å². The molecule has 4 nitrogen and oxygen atoms in total. The van der Waals surface area contributed by atoms with E-state index in [2.05, 4.69) is 5.32 Å². The van der Waals surface area contributed by atoms with Crippen LogP contribution in [0.15, 0.2) is 0 Å². The van der Waals surface area contributed by atoms with Gasteiger partial charge >= 0.3 is 0 Å². The molecule has 1 aliphatic rings. The van der Waals surface area contributed by atoms with Gasteiger partial charge in [0.2, 0.25) is 5.91 Å². The summed E-state index contributed by atoms with van der Waals surface area (Å²) >= 11 is 0. The molecule has 1 saturated carbocycles. The van der Waals surface area contributed by atoms with Crippen molar-refractivity contribution in [2.75, 3.05) is 20.3 Å². The highest BCUT2D eigenvalue weighted by molar-refractivity contribution is 5.77. The lowest BCUT2D eigenvalue weighted by atomic mass is 9.84. The van der Waals surface area contributed by atoms with Gasteiger partial charge in [0.15, 0.2) is 0 Å². The maximum atomic E-state index is 11.1. The summed E-state index contributed by atoms with van der Waals surface area (Å²) in [5.41, 5.74) is 0. The first-order valence-electron chi connectivity index (χ1n) is 5.67. The third kappa shape index (κ3) is 4.62. The zero-order chi connectivity index (χ0) is 11.1. The van der Waals surface area contributed by atoms with Crippen LogP contribution >= 0.6 is 0 Å². The molecule has 2 N–H and O–H groups in total. The van der Waals surface area contributed by atoms with Crippen LogP contribution in [0.1, 0.15) is 32.1 Å². The number of hydrogen-bond donors (Lipinski definition) is 2. The van der Waals surface area contributed by atoms with E-state index >= 15 is 0 Å². The predicted octanol–water partition coefficient (Wildman–Crippen LogP) is 0.690. The van der Waals surface area contributed by atoms with E-state index in [4.69, 9.17) is 4.74 Å². The largest absolute Gasteiger partial charge is 0.393 e. The summed E-state index contributed by atoms with van der Waals surface area (Å²) in [5, 5.41) is 12.5. The molecule has 0 aliphatic heterocycles. The van der Waals surface area contributed by atoms with Crippen molar-refractivity contribution in [1.29, 1.82) is 0 Å². The molecule has 0 radical (unpaired) electrons. The maximum absolute atomic E-state index is 11.1. The van der Waals surface area contributed by atoms with Crippen LogP contribution in [0.25, 0.3) is 0 Å². The Morgan fingerprint density at radius 1 is 1.47 bits per heavy atom. The third-order valence-electron chi connectivity index (χ3n) is 2.98. The van der Waals surface area contributed by atoms with Crippen molar-refractivity contribution in [3.63, 3.8) is 0 Å². The van der Waals surface area contributed by atoms with Crippen LogP contribution in [-0.4, -0.2) is 37.4 Å². The van der Waals surface area contributed by atoms with Crippen molar-refractivity contribution in [1.82, 2.24) is 5.32 Å². The number of aliphatic hydroxyl groups excluding tert-OH is 1. The van der Waals surface area contributed by atoms with Crippen LogP contribution in [0.5, 0.6) is 0 Å². The molecule has 2 unspecified atom stereocenters. The molecule has 0 aromatic heterocycles. The molecule has 0 saturated heterocycles. The number of ether oxygens (including phenoxy) is 1. The highest BCUT2D eigenvalue weighted by Crippen LogP contribution is 2.26. The van der Waals surface area contributed by atoms with Gasteiger partial charge in [-0.1, -0.05) is 12.8 Å². The van der Waals surface area contributed by atoms with Crippen molar-refractivity contribution in [3.8, 4) is 0 Å². The highest BCUT2D eigenvalue weighted by Gasteiger charge is 2.22. The van der Waals surface area contributed by atoms with E-state index in [-0.39, 0.29) is 18.6 Å². The van der Waals surface area contributed by atoms with E-state index in [0.717, 1.165) is 25.7 Å². The normalized spacial score (nSPS) is 26.3. The van der Waals surface area contributed by atoms with Crippen LogP contribution < -0.4 is 5.32 Å². The second-order valence-corrected chi connectivity index (χ2v) is 4.18. The molecule has 2 atom stereocenters. The minimum Gasteiger partial charge on any atom is -0.393 e. The molecule has 1 rings (SSSR count). The molecular formula is C11H21NO3. The fraction of sp³-hybridized carbons (Fsp3) is 0.909. The summed E-state index contributed by atoms with van der Waals surface area (Å²) in [6, 6.07) is 0. The summed E-state index contributed by atoms with van der Waals surface area (Å²) in [6.45, 7) is 0.761. The third-order valence-corrected chi connectivity index (χ3v) is 2.98. The Bertz CT molecular complexity index is 196. The number of amides is 1. The van der Waals surface area contributed by atoms with Crippen LogP contribution in [0, 0.1) is 5.92 Å². The number of aliphatic hydroxyl groups is 1. The zero-order valence-electron chi connectivity index (χ0n) is 9.37. The molecule has 0 heterocycles. The monoisotopic (exact) mass is 215 g/mol. The van der Waals surface area contributed by atoms with Crippen LogP contribution in [-0.2, 0) is 9.53 Å². The topological polar surface area (TPSA) is 58.6 Å². The van der Waals surface area contributed by atoms with E-state index in [1.165, 1.54) is 13.5 Å². The van der Waals surface area contributed by atoms with Crippen molar-refractivity contribution < 1.29 is 14.6 Å². The van der Waals surface area contributed by atoms with Gasteiger partial charge in [0, 0.05) is 13.7 Å². The second-order valence-electron chi connectivity index (χ2n) is 4.18. The SMILES string of the molecule is COCC(=O)NCCC1CCCCC1O. The van der Waals surface area contributed by atoms with E-state index in [1.807, 2.05) is 0 Å². The Balaban J connectivity index is 2.10. The Kier molecular flexibility index (Phi) is 5.65. The van der Waals surface area contributed by atoms with Gasteiger partial charge in [-0.15, -0.1) is 0 Å². The molecule has 1 amide bonds. The maximum Gasteiger partial charge on any atom is 0.245 e. The average Bonchev–Trinajstić information content (AvgIpc) is 2.21. The smallest absolute Gasteiger partial charge is 0.245 e. The summed E-state index contributed by atoms with van der Waals surface area (Å²) in [5.74, 6) is 0.282. The molecule has 0 aromatic rings. The summed E-state index contributed by atoms with van der Waals surface area (Å²) in [4.78, 5) is 11.1. The van der Waals surface area contributed by atoms with Crippen molar-refractivity contribution in [2.24, 2.45) is 5.92 Å². The van der Waals surface area contributed by atoms with E-state index in [1.54, 1.807) is 0 Å². The van der Waals surface area contributed by atoms with Crippen LogP contribution in [0.3, 0.4) is 0 Å². The van der Waals surface area contributed by atoms with E-state index in [0.29, 0.717) is 12.5 Å². The first kappa shape index (κ1) is 12.5. The van der Waals surface area contributed by atoms with E-state index in [9.17, 15) is 9.90 Å². The van der Waals surface area contributed by atoms with Gasteiger partial charge in [0.1, 0.15) is 6.61 Å². The first-order valence-corrected chi connectivity index (χ1v) is 5.67.